The van der Waals surface area contributed by atoms with Crippen molar-refractivity contribution in [1.82, 2.24) is 9.97 Å². The molecule has 5 heteroatoms. The van der Waals surface area contributed by atoms with Gasteiger partial charge in [0, 0.05) is 19.2 Å². The zero-order valence-corrected chi connectivity index (χ0v) is 10.3. The highest BCUT2D eigenvalue weighted by atomic mass is 16.7. The first kappa shape index (κ1) is 6.30. The second kappa shape index (κ2) is 4.07. The van der Waals surface area contributed by atoms with Crippen molar-refractivity contribution in [3.8, 4) is 0 Å². The average molecular weight is 241 g/mol. The number of aromatic nitrogens is 2. The highest BCUT2D eigenvalue weighted by molar-refractivity contribution is 6.61. The van der Waals surface area contributed by atoms with Crippen LogP contribution in [0.25, 0.3) is 0 Å². The topological polar surface area (TPSA) is 44.2 Å². The Morgan fingerprint density at radius 2 is 1.94 bits per heavy atom. The molecule has 0 saturated carbocycles. The van der Waals surface area contributed by atoms with Crippen LogP contribution in [-0.4, -0.2) is 28.3 Å². The minimum Gasteiger partial charge on any atom is -0.398 e. The molecule has 0 unspecified atom stereocenters. The van der Waals surface area contributed by atoms with Gasteiger partial charge in [-0.3, -0.25) is 9.97 Å². The normalized spacial score (nSPS) is 29.4. The van der Waals surface area contributed by atoms with Gasteiger partial charge >= 0.3 is 7.12 Å². The molecule has 1 aromatic rings. The van der Waals surface area contributed by atoms with Gasteiger partial charge in [0.2, 0.25) is 0 Å². The molecule has 1 aliphatic heterocycles. The highest BCUT2D eigenvalue weighted by Gasteiger charge is 2.52. The van der Waals surface area contributed by atoms with Gasteiger partial charge in [0.1, 0.15) is 0 Å². The Bertz CT molecular complexity index is 648. The molecule has 92 valence electrons. The molecule has 0 atom stereocenters. The lowest BCUT2D eigenvalue weighted by molar-refractivity contribution is 0.00578. The maximum Gasteiger partial charge on any atom is 0.516 e. The minimum absolute atomic E-state index is 0.0799. The predicted octanol–water partition coefficient (Wildman–Crippen LogP) is 1.34. The summed E-state index contributed by atoms with van der Waals surface area (Å²) in [4.78, 5) is 7.51. The molecule has 1 aliphatic rings. The number of nitrogens with zero attached hydrogens (tertiary/aromatic N) is 2. The molecule has 2 heterocycles. The third-order valence-corrected chi connectivity index (χ3v) is 3.16. The van der Waals surface area contributed by atoms with Gasteiger partial charge in [0.15, 0.2) is 0 Å². The zero-order valence-electron chi connectivity index (χ0n) is 17.3. The van der Waals surface area contributed by atoms with Gasteiger partial charge in [0.05, 0.1) is 25.2 Å². The Hall–Kier alpha value is -0.935. The van der Waals surface area contributed by atoms with Crippen LogP contribution in [0, 0.1) is 0 Å². The summed E-state index contributed by atoms with van der Waals surface area (Å²) in [5.41, 5.74) is -2.14. The second-order valence-electron chi connectivity index (χ2n) is 4.89. The summed E-state index contributed by atoms with van der Waals surface area (Å²) in [7, 11) is -1.04. The van der Waals surface area contributed by atoms with Crippen LogP contribution in [-0.2, 0) is 15.7 Å². The van der Waals surface area contributed by atoms with E-state index >= 15 is 0 Å². The minimum atomic E-state index is -3.03. The van der Waals surface area contributed by atoms with E-state index < -0.39 is 49.6 Å². The van der Waals surface area contributed by atoms with E-state index in [1.165, 1.54) is 0 Å². The van der Waals surface area contributed by atoms with Crippen molar-refractivity contribution in [2.45, 2.75) is 52.1 Å². The summed E-state index contributed by atoms with van der Waals surface area (Å²) in [5, 5.41) is 0. The molecule has 1 fully saturated rings. The Kier molecular flexibility index (Phi) is 1.51. The van der Waals surface area contributed by atoms with E-state index in [4.69, 9.17) is 18.9 Å². The smallest absolute Gasteiger partial charge is 0.398 e. The van der Waals surface area contributed by atoms with Gasteiger partial charge in [-0.2, -0.15) is 0 Å². The fourth-order valence-corrected chi connectivity index (χ4v) is 1.39. The monoisotopic (exact) mass is 241 g/mol. The van der Waals surface area contributed by atoms with E-state index in [-0.39, 0.29) is 5.59 Å². The quantitative estimate of drug-likeness (QED) is 0.733. The van der Waals surface area contributed by atoms with Crippen molar-refractivity contribution < 1.29 is 18.9 Å². The van der Waals surface area contributed by atoms with Crippen molar-refractivity contribution in [1.29, 1.82) is 0 Å². The van der Waals surface area contributed by atoms with Crippen LogP contribution < -0.4 is 5.59 Å². The van der Waals surface area contributed by atoms with E-state index in [1.807, 2.05) is 27.7 Å². The molecule has 0 spiro atoms. The van der Waals surface area contributed by atoms with E-state index in [2.05, 4.69) is 9.97 Å². The Balaban J connectivity index is 2.46. The number of hydrogen-bond donors (Lipinski definition) is 0. The van der Waals surface area contributed by atoms with Gasteiger partial charge in [0.25, 0.3) is 0 Å². The fraction of sp³-hybridized carbons (Fsp3) is 0.667. The van der Waals surface area contributed by atoms with Crippen LogP contribution in [0.3, 0.4) is 0 Å². The predicted molar refractivity (Wildman–Crippen MR) is 67.1 cm³/mol. The summed E-state index contributed by atoms with van der Waals surface area (Å²) in [6.45, 7) is 4.22. The number of aryl methyl sites for hydroxylation is 1. The first-order chi connectivity index (χ1) is 10.6. The van der Waals surface area contributed by atoms with Gasteiger partial charge in [-0.15, -0.1) is 0 Å². The fourth-order valence-electron chi connectivity index (χ4n) is 1.39. The molecular weight excluding hydrogens is 215 g/mol. The van der Waals surface area contributed by atoms with Gasteiger partial charge in [-0.25, -0.2) is 0 Å². The molecule has 0 aliphatic carbocycles. The maximum atomic E-state index is 7.95. The van der Waals surface area contributed by atoms with Crippen molar-refractivity contribution in [2.75, 3.05) is 0 Å². The van der Waals surface area contributed by atoms with Crippen LogP contribution in [0.1, 0.15) is 49.8 Å². The van der Waals surface area contributed by atoms with Crippen molar-refractivity contribution >= 4 is 12.7 Å². The molecule has 4 nitrogen and oxygen atoms in total. The summed E-state index contributed by atoms with van der Waals surface area (Å²) in [6.07, 6.45) is -4.02. The molecule has 0 radical (unpaired) electrons. The van der Waals surface area contributed by atoms with E-state index in [1.54, 1.807) is 0 Å². The van der Waals surface area contributed by atoms with Gasteiger partial charge < -0.3 is 9.31 Å². The van der Waals surface area contributed by atoms with Crippen LogP contribution >= 0.6 is 0 Å². The molecule has 0 bridgehead atoms. The Morgan fingerprint density at radius 1 is 1.29 bits per heavy atom. The molecule has 0 amide bonds. The lowest BCUT2D eigenvalue weighted by Crippen LogP contribution is -2.41. The van der Waals surface area contributed by atoms with E-state index in [0.717, 1.165) is 0 Å². The van der Waals surface area contributed by atoms with Crippen LogP contribution in [0.2, 0.25) is 0 Å². The van der Waals surface area contributed by atoms with Gasteiger partial charge in [-0.1, -0.05) is 6.85 Å². The molecule has 17 heavy (non-hydrogen) atoms. The Morgan fingerprint density at radius 3 is 2.53 bits per heavy atom. The maximum absolute atomic E-state index is 7.95. The van der Waals surface area contributed by atoms with Gasteiger partial charge in [-0.05, 0) is 34.1 Å². The summed E-state index contributed by atoms with van der Waals surface area (Å²) < 4.78 is 64.5. The van der Waals surface area contributed by atoms with Crippen molar-refractivity contribution in [2.24, 2.45) is 0 Å². The number of hydrogen-bond acceptors (Lipinski definition) is 4. The van der Waals surface area contributed by atoms with Crippen LogP contribution in [0.5, 0.6) is 0 Å². The first-order valence-electron chi connectivity index (χ1n) is 8.81. The lowest BCUT2D eigenvalue weighted by Gasteiger charge is -2.32. The SMILES string of the molecule is [2H]c1nc(C([2H])([2H])C([2H])([2H])[2H])c([2H])nc1B1OC(C)(C)C(C)(C)O1. The summed E-state index contributed by atoms with van der Waals surface area (Å²) in [5.74, 6) is 0. The van der Waals surface area contributed by atoms with Crippen LogP contribution in [0.15, 0.2) is 12.3 Å². The van der Waals surface area contributed by atoms with E-state index in [0.29, 0.717) is 0 Å². The molecule has 2 rings (SSSR count). The van der Waals surface area contributed by atoms with E-state index in [9.17, 15) is 0 Å². The third kappa shape index (κ3) is 2.22. The first-order valence-corrected chi connectivity index (χ1v) is 5.31. The van der Waals surface area contributed by atoms with Crippen LogP contribution in [0.4, 0.5) is 0 Å². The molecule has 0 aromatic carbocycles. The third-order valence-electron chi connectivity index (χ3n) is 3.16. The van der Waals surface area contributed by atoms with Crippen molar-refractivity contribution in [3.63, 3.8) is 0 Å². The molecule has 1 saturated heterocycles. The largest absolute Gasteiger partial charge is 0.516 e. The average Bonchev–Trinajstić information content (AvgIpc) is 2.59. The van der Waals surface area contributed by atoms with Crippen molar-refractivity contribution in [3.05, 3.63) is 18.0 Å². The lowest BCUT2D eigenvalue weighted by atomic mass is 9.85. The highest BCUT2D eigenvalue weighted by Crippen LogP contribution is 2.36. The molecule has 0 N–H and O–H groups in total. The standard InChI is InChI=1S/C12H19BN2O2/c1-6-9-7-15-10(8-14-9)13-16-11(2,3)12(4,5)17-13/h7-8H,6H2,1-5H3/i1D3,6D2,7D,8D. The number of rotatable bonds is 2. The Labute approximate surface area is 113 Å². The molecular formula is C12H19BN2O2. The second-order valence-corrected chi connectivity index (χ2v) is 4.89. The molecule has 1 aromatic heterocycles. The summed E-state index contributed by atoms with van der Waals surface area (Å²) >= 11 is 0. The zero-order chi connectivity index (χ0) is 18.7. The summed E-state index contributed by atoms with van der Waals surface area (Å²) in [6, 6.07) is 0.